The van der Waals surface area contributed by atoms with Gasteiger partial charge < -0.3 is 14.8 Å². The fourth-order valence-electron chi connectivity index (χ4n) is 2.08. The van der Waals surface area contributed by atoms with Gasteiger partial charge in [0, 0.05) is 0 Å². The number of rotatable bonds is 6. The first kappa shape index (κ1) is 15.9. The Labute approximate surface area is 131 Å². The van der Waals surface area contributed by atoms with Crippen molar-refractivity contribution in [2.24, 2.45) is 0 Å². The maximum Gasteiger partial charge on any atom is 0.261 e. The first-order valence-electron chi connectivity index (χ1n) is 7.26. The van der Waals surface area contributed by atoms with Crippen molar-refractivity contribution in [2.75, 3.05) is 7.11 Å². The van der Waals surface area contributed by atoms with E-state index in [0.29, 0.717) is 5.75 Å². The molecule has 2 rings (SSSR count). The van der Waals surface area contributed by atoms with Crippen molar-refractivity contribution in [3.05, 3.63) is 60.2 Å². The molecule has 0 aromatic heterocycles. The van der Waals surface area contributed by atoms with Gasteiger partial charge in [-0.2, -0.15) is 0 Å². The zero-order valence-electron chi connectivity index (χ0n) is 13.1. The van der Waals surface area contributed by atoms with Crippen molar-refractivity contribution < 1.29 is 14.3 Å². The monoisotopic (exact) mass is 299 g/mol. The normalized spacial score (nSPS) is 13.0. The van der Waals surface area contributed by atoms with Gasteiger partial charge in [-0.15, -0.1) is 0 Å². The minimum Gasteiger partial charge on any atom is -0.497 e. The number of hydrogen-bond acceptors (Lipinski definition) is 3. The molecule has 4 nitrogen and oxygen atoms in total. The van der Waals surface area contributed by atoms with Gasteiger partial charge in [-0.25, -0.2) is 0 Å². The van der Waals surface area contributed by atoms with E-state index in [2.05, 4.69) is 5.32 Å². The summed E-state index contributed by atoms with van der Waals surface area (Å²) in [5, 5.41) is 2.95. The van der Waals surface area contributed by atoms with E-state index in [1.165, 1.54) is 0 Å². The van der Waals surface area contributed by atoms with Crippen LogP contribution in [0.5, 0.6) is 11.5 Å². The van der Waals surface area contributed by atoms with Crippen LogP contribution in [0.2, 0.25) is 0 Å². The highest BCUT2D eigenvalue weighted by atomic mass is 16.5. The summed E-state index contributed by atoms with van der Waals surface area (Å²) in [5.74, 6) is 1.30. The molecule has 22 heavy (non-hydrogen) atoms. The van der Waals surface area contributed by atoms with Crippen LogP contribution in [0, 0.1) is 0 Å². The first-order valence-corrected chi connectivity index (χ1v) is 7.26. The molecular weight excluding hydrogens is 278 g/mol. The van der Waals surface area contributed by atoms with Crippen LogP contribution in [0.15, 0.2) is 54.6 Å². The molecule has 0 spiro atoms. The van der Waals surface area contributed by atoms with Gasteiger partial charge in [0.05, 0.1) is 13.2 Å². The fourth-order valence-corrected chi connectivity index (χ4v) is 2.08. The quantitative estimate of drug-likeness (QED) is 0.890. The van der Waals surface area contributed by atoms with E-state index in [9.17, 15) is 4.79 Å². The lowest BCUT2D eigenvalue weighted by Crippen LogP contribution is -2.37. The Morgan fingerprint density at radius 1 is 1.00 bits per heavy atom. The zero-order chi connectivity index (χ0) is 15.9. The highest BCUT2D eigenvalue weighted by Crippen LogP contribution is 2.19. The van der Waals surface area contributed by atoms with Gasteiger partial charge in [0.25, 0.3) is 5.91 Å². The van der Waals surface area contributed by atoms with E-state index < -0.39 is 6.10 Å². The maximum atomic E-state index is 12.2. The lowest BCUT2D eigenvalue weighted by Gasteiger charge is -2.19. The van der Waals surface area contributed by atoms with Crippen molar-refractivity contribution in [1.82, 2.24) is 5.32 Å². The number of ether oxygens (including phenoxy) is 2. The molecule has 1 amide bonds. The van der Waals surface area contributed by atoms with Gasteiger partial charge in [0.2, 0.25) is 0 Å². The summed E-state index contributed by atoms with van der Waals surface area (Å²) < 4.78 is 10.8. The smallest absolute Gasteiger partial charge is 0.261 e. The van der Waals surface area contributed by atoms with Crippen LogP contribution < -0.4 is 14.8 Å². The minimum atomic E-state index is -0.560. The van der Waals surface area contributed by atoms with Crippen molar-refractivity contribution in [1.29, 1.82) is 0 Å². The van der Waals surface area contributed by atoms with Gasteiger partial charge in [0.1, 0.15) is 11.5 Å². The topological polar surface area (TPSA) is 47.6 Å². The molecular formula is C18H21NO3. The summed E-state index contributed by atoms with van der Waals surface area (Å²) in [5.41, 5.74) is 0.986. The molecule has 0 unspecified atom stereocenters. The largest absolute Gasteiger partial charge is 0.497 e. The van der Waals surface area contributed by atoms with Crippen molar-refractivity contribution in [2.45, 2.75) is 26.0 Å². The van der Waals surface area contributed by atoms with E-state index in [4.69, 9.17) is 9.47 Å². The zero-order valence-corrected chi connectivity index (χ0v) is 13.1. The van der Waals surface area contributed by atoms with Crippen molar-refractivity contribution in [3.8, 4) is 11.5 Å². The van der Waals surface area contributed by atoms with Crippen LogP contribution in [0.1, 0.15) is 25.5 Å². The summed E-state index contributed by atoms with van der Waals surface area (Å²) in [6, 6.07) is 16.8. The van der Waals surface area contributed by atoms with E-state index in [1.54, 1.807) is 14.0 Å². The Morgan fingerprint density at radius 2 is 1.68 bits per heavy atom. The Bertz CT molecular complexity index is 613. The molecule has 0 fully saturated rings. The van der Waals surface area contributed by atoms with E-state index in [1.807, 2.05) is 61.5 Å². The number of para-hydroxylation sites is 1. The molecule has 0 saturated heterocycles. The molecule has 116 valence electrons. The third-order valence-electron chi connectivity index (χ3n) is 3.38. The highest BCUT2D eigenvalue weighted by Gasteiger charge is 2.17. The lowest BCUT2D eigenvalue weighted by molar-refractivity contribution is -0.127. The number of carbonyl (C=O) groups excluding carboxylic acids is 1. The SMILES string of the molecule is COc1cccc([C@H](C)NC(=O)[C@@H](C)Oc2ccccc2)c1. The summed E-state index contributed by atoms with van der Waals surface area (Å²) in [7, 11) is 1.62. The molecule has 2 atom stereocenters. The van der Waals surface area contributed by atoms with Gasteiger partial charge in [0.15, 0.2) is 6.10 Å². The average Bonchev–Trinajstić information content (AvgIpc) is 2.55. The van der Waals surface area contributed by atoms with Crippen LogP contribution in [0.4, 0.5) is 0 Å². The van der Waals surface area contributed by atoms with Gasteiger partial charge in [-0.05, 0) is 43.7 Å². The van der Waals surface area contributed by atoms with Crippen LogP contribution in [-0.4, -0.2) is 19.1 Å². The third kappa shape index (κ3) is 4.25. The molecule has 0 aliphatic carbocycles. The van der Waals surface area contributed by atoms with Crippen LogP contribution in [-0.2, 0) is 4.79 Å². The predicted octanol–water partition coefficient (Wildman–Crippen LogP) is 3.34. The molecule has 0 saturated carbocycles. The van der Waals surface area contributed by atoms with E-state index in [-0.39, 0.29) is 11.9 Å². The van der Waals surface area contributed by atoms with Gasteiger partial charge in [-0.3, -0.25) is 4.79 Å². The number of benzene rings is 2. The number of hydrogen-bond donors (Lipinski definition) is 1. The molecule has 0 radical (unpaired) electrons. The van der Waals surface area contributed by atoms with Gasteiger partial charge in [-0.1, -0.05) is 30.3 Å². The standard InChI is InChI=1S/C18H21NO3/c1-13(15-8-7-11-17(12-15)21-3)19-18(20)14(2)22-16-9-5-4-6-10-16/h4-14H,1-3H3,(H,19,20)/t13-,14+/m0/s1. The van der Waals surface area contributed by atoms with Crippen LogP contribution >= 0.6 is 0 Å². The molecule has 0 bridgehead atoms. The molecule has 2 aromatic carbocycles. The average molecular weight is 299 g/mol. The predicted molar refractivity (Wildman–Crippen MR) is 86.1 cm³/mol. The van der Waals surface area contributed by atoms with Crippen LogP contribution in [0.3, 0.4) is 0 Å². The highest BCUT2D eigenvalue weighted by molar-refractivity contribution is 5.81. The molecule has 0 aliphatic rings. The molecule has 4 heteroatoms. The molecule has 0 heterocycles. The Morgan fingerprint density at radius 3 is 2.36 bits per heavy atom. The second-order valence-corrected chi connectivity index (χ2v) is 5.08. The Kier molecular flexibility index (Phi) is 5.42. The third-order valence-corrected chi connectivity index (χ3v) is 3.38. The fraction of sp³-hybridized carbons (Fsp3) is 0.278. The van der Waals surface area contributed by atoms with Crippen molar-refractivity contribution in [3.63, 3.8) is 0 Å². The lowest BCUT2D eigenvalue weighted by atomic mass is 10.1. The summed E-state index contributed by atoms with van der Waals surface area (Å²) in [6.45, 7) is 3.67. The van der Waals surface area contributed by atoms with E-state index in [0.717, 1.165) is 11.3 Å². The van der Waals surface area contributed by atoms with Gasteiger partial charge >= 0.3 is 0 Å². The number of nitrogens with one attached hydrogen (secondary N) is 1. The molecule has 0 aliphatic heterocycles. The molecule has 1 N–H and O–H groups in total. The number of carbonyl (C=O) groups is 1. The minimum absolute atomic E-state index is 0.121. The molecule has 2 aromatic rings. The number of methoxy groups -OCH3 is 1. The summed E-state index contributed by atoms with van der Waals surface area (Å²) in [6.07, 6.45) is -0.560. The van der Waals surface area contributed by atoms with Crippen LogP contribution in [0.25, 0.3) is 0 Å². The Balaban J connectivity index is 1.95. The Hall–Kier alpha value is -2.49. The summed E-state index contributed by atoms with van der Waals surface area (Å²) in [4.78, 5) is 12.2. The second kappa shape index (κ2) is 7.50. The maximum absolute atomic E-state index is 12.2. The number of amides is 1. The van der Waals surface area contributed by atoms with E-state index >= 15 is 0 Å². The first-order chi connectivity index (χ1) is 10.6. The summed E-state index contributed by atoms with van der Waals surface area (Å²) >= 11 is 0. The van der Waals surface area contributed by atoms with Crippen molar-refractivity contribution >= 4 is 5.91 Å². The second-order valence-electron chi connectivity index (χ2n) is 5.08.